The van der Waals surface area contributed by atoms with Crippen molar-refractivity contribution in [2.45, 2.75) is 90.9 Å². The molecule has 1 aliphatic rings. The van der Waals surface area contributed by atoms with E-state index in [0.717, 1.165) is 18.4 Å². The lowest BCUT2D eigenvalue weighted by molar-refractivity contribution is -0.147. The molecule has 1 aliphatic carbocycles. The first kappa shape index (κ1) is 22.9. The molecule has 1 aromatic carbocycles. The van der Waals surface area contributed by atoms with Crippen molar-refractivity contribution in [3.8, 4) is 6.07 Å². The second-order valence-corrected chi connectivity index (χ2v) is 8.27. The highest BCUT2D eigenvalue weighted by atomic mass is 16.7. The Morgan fingerprint density at radius 1 is 1.14 bits per heavy atom. The molecule has 0 radical (unpaired) electrons. The number of nitrogens with zero attached hydrogens (tertiary/aromatic N) is 2. The number of carbonyl (C=O) groups excluding carboxylic acids is 1. The van der Waals surface area contributed by atoms with E-state index in [2.05, 4.69) is 19.0 Å². The number of oxime groups is 1. The van der Waals surface area contributed by atoms with Crippen molar-refractivity contribution in [2.75, 3.05) is 0 Å². The lowest BCUT2D eigenvalue weighted by atomic mass is 9.98. The standard InChI is InChI=1S/C24H35N3O2/c1-3-4-5-6-7-8-9-10-11-12-20-17-21(14-13-19(20)2)22(26)27-29-23(28)24(18-25)15-16-24/h13-14,17H,3-12,15-16H2,1-2H3,(H2,26,27). The zero-order valence-electron chi connectivity index (χ0n) is 18.0. The molecule has 1 aromatic rings. The molecule has 0 bridgehead atoms. The van der Waals surface area contributed by atoms with Gasteiger partial charge in [0.25, 0.3) is 0 Å². The van der Waals surface area contributed by atoms with E-state index in [1.54, 1.807) is 0 Å². The van der Waals surface area contributed by atoms with E-state index in [0.29, 0.717) is 12.8 Å². The summed E-state index contributed by atoms with van der Waals surface area (Å²) in [5.74, 6) is -0.439. The number of carbonyl (C=O) groups is 1. The van der Waals surface area contributed by atoms with Crippen LogP contribution in [0.2, 0.25) is 0 Å². The highest BCUT2D eigenvalue weighted by Gasteiger charge is 2.53. The van der Waals surface area contributed by atoms with E-state index in [9.17, 15) is 4.79 Å². The molecule has 2 N–H and O–H groups in total. The minimum Gasteiger partial charge on any atom is -0.380 e. The average molecular weight is 398 g/mol. The number of hydrogen-bond donors (Lipinski definition) is 1. The molecule has 0 aromatic heterocycles. The summed E-state index contributed by atoms with van der Waals surface area (Å²) in [5, 5.41) is 12.8. The van der Waals surface area contributed by atoms with Gasteiger partial charge in [-0.25, -0.2) is 4.79 Å². The third-order valence-electron chi connectivity index (χ3n) is 5.78. The largest absolute Gasteiger partial charge is 0.380 e. The predicted octanol–water partition coefficient (Wildman–Crippen LogP) is 5.54. The van der Waals surface area contributed by atoms with Crippen molar-refractivity contribution in [3.63, 3.8) is 0 Å². The van der Waals surface area contributed by atoms with E-state index in [1.165, 1.54) is 62.5 Å². The SMILES string of the molecule is CCCCCCCCCCCc1cc(C(N)=NOC(=O)C2(C#N)CC2)ccc1C. The Morgan fingerprint density at radius 3 is 2.34 bits per heavy atom. The Hall–Kier alpha value is -2.35. The van der Waals surface area contributed by atoms with Crippen LogP contribution in [0.5, 0.6) is 0 Å². The second kappa shape index (κ2) is 11.6. The fourth-order valence-electron chi connectivity index (χ4n) is 3.44. The van der Waals surface area contributed by atoms with Crippen LogP contribution >= 0.6 is 0 Å². The number of amidine groups is 1. The number of nitriles is 1. The van der Waals surface area contributed by atoms with Crippen LogP contribution in [-0.2, 0) is 16.1 Å². The number of rotatable bonds is 13. The van der Waals surface area contributed by atoms with Gasteiger partial charge in [-0.2, -0.15) is 5.26 Å². The number of unbranched alkanes of at least 4 members (excludes halogenated alkanes) is 8. The van der Waals surface area contributed by atoms with Gasteiger partial charge >= 0.3 is 5.97 Å². The number of hydrogen-bond acceptors (Lipinski definition) is 4. The maximum Gasteiger partial charge on any atom is 0.355 e. The van der Waals surface area contributed by atoms with Crippen LogP contribution in [0.4, 0.5) is 0 Å². The molecule has 2 rings (SSSR count). The lowest BCUT2D eigenvalue weighted by Gasteiger charge is -2.09. The molecular formula is C24H35N3O2. The van der Waals surface area contributed by atoms with Crippen molar-refractivity contribution in [3.05, 3.63) is 34.9 Å². The second-order valence-electron chi connectivity index (χ2n) is 8.27. The van der Waals surface area contributed by atoms with Gasteiger partial charge in [-0.3, -0.25) is 0 Å². The Kier molecular flexibility index (Phi) is 9.18. The molecule has 158 valence electrons. The molecule has 29 heavy (non-hydrogen) atoms. The van der Waals surface area contributed by atoms with E-state index in [-0.39, 0.29) is 5.84 Å². The molecule has 1 saturated carbocycles. The van der Waals surface area contributed by atoms with Gasteiger partial charge in [0.1, 0.15) is 0 Å². The summed E-state index contributed by atoms with van der Waals surface area (Å²) in [4.78, 5) is 16.8. The fourth-order valence-corrected chi connectivity index (χ4v) is 3.44. The molecule has 0 saturated heterocycles. The zero-order chi connectivity index (χ0) is 21.1. The van der Waals surface area contributed by atoms with Crippen molar-refractivity contribution in [1.82, 2.24) is 0 Å². The van der Waals surface area contributed by atoms with Gasteiger partial charge in [0.05, 0.1) is 6.07 Å². The quantitative estimate of drug-likeness (QED) is 0.156. The van der Waals surface area contributed by atoms with Gasteiger partial charge in [0, 0.05) is 5.56 Å². The maximum atomic E-state index is 11.9. The van der Waals surface area contributed by atoms with E-state index >= 15 is 0 Å². The van der Waals surface area contributed by atoms with Crippen LogP contribution in [0, 0.1) is 23.7 Å². The molecule has 0 heterocycles. The Labute approximate surface area is 175 Å². The molecule has 0 atom stereocenters. The molecule has 5 nitrogen and oxygen atoms in total. The maximum absolute atomic E-state index is 11.9. The smallest absolute Gasteiger partial charge is 0.355 e. The summed E-state index contributed by atoms with van der Waals surface area (Å²) in [6, 6.07) is 7.95. The summed E-state index contributed by atoms with van der Waals surface area (Å²) < 4.78 is 0. The van der Waals surface area contributed by atoms with E-state index in [4.69, 9.17) is 15.8 Å². The van der Waals surface area contributed by atoms with Gasteiger partial charge in [-0.05, 0) is 49.8 Å². The van der Waals surface area contributed by atoms with E-state index < -0.39 is 11.4 Å². The topological polar surface area (TPSA) is 88.5 Å². The number of aryl methyl sites for hydroxylation is 2. The fraction of sp³-hybridized carbons (Fsp3) is 0.625. The van der Waals surface area contributed by atoms with Crippen LogP contribution in [0.25, 0.3) is 0 Å². The minimum absolute atomic E-state index is 0.167. The number of benzene rings is 1. The van der Waals surface area contributed by atoms with E-state index in [1.807, 2.05) is 24.3 Å². The van der Waals surface area contributed by atoms with Crippen molar-refractivity contribution < 1.29 is 9.63 Å². The third-order valence-corrected chi connectivity index (χ3v) is 5.78. The Balaban J connectivity index is 1.77. The molecule has 5 heteroatoms. The summed E-state index contributed by atoms with van der Waals surface area (Å²) in [6.45, 7) is 4.35. The monoisotopic (exact) mass is 397 g/mol. The van der Waals surface area contributed by atoms with Gasteiger partial charge in [-0.1, -0.05) is 75.6 Å². The first-order valence-corrected chi connectivity index (χ1v) is 11.1. The van der Waals surface area contributed by atoms with Gasteiger partial charge in [-0.15, -0.1) is 0 Å². The molecular weight excluding hydrogens is 362 g/mol. The summed E-state index contributed by atoms with van der Waals surface area (Å²) in [6.07, 6.45) is 13.9. The van der Waals surface area contributed by atoms with Gasteiger partial charge < -0.3 is 10.6 Å². The van der Waals surface area contributed by atoms with Crippen LogP contribution < -0.4 is 5.73 Å². The average Bonchev–Trinajstić information content (AvgIpc) is 3.53. The molecule has 0 amide bonds. The Bertz CT molecular complexity index is 745. The molecule has 0 aliphatic heterocycles. The normalized spacial score (nSPS) is 15.0. The Morgan fingerprint density at radius 2 is 1.76 bits per heavy atom. The lowest BCUT2D eigenvalue weighted by Crippen LogP contribution is -2.19. The third kappa shape index (κ3) is 7.20. The highest BCUT2D eigenvalue weighted by molar-refractivity contribution is 5.98. The summed E-state index contributed by atoms with van der Waals surface area (Å²) >= 11 is 0. The van der Waals surface area contributed by atoms with Gasteiger partial charge in [0.2, 0.25) is 0 Å². The molecule has 1 fully saturated rings. The first-order valence-electron chi connectivity index (χ1n) is 11.1. The van der Waals surface area contributed by atoms with Crippen molar-refractivity contribution in [2.24, 2.45) is 16.3 Å². The van der Waals surface area contributed by atoms with Crippen LogP contribution in [0.3, 0.4) is 0 Å². The zero-order valence-corrected chi connectivity index (χ0v) is 18.0. The first-order chi connectivity index (χ1) is 14.0. The number of nitrogens with two attached hydrogens (primary N) is 1. The van der Waals surface area contributed by atoms with Crippen molar-refractivity contribution >= 4 is 11.8 Å². The predicted molar refractivity (Wildman–Crippen MR) is 116 cm³/mol. The molecule has 0 unspecified atom stereocenters. The van der Waals surface area contributed by atoms with Crippen molar-refractivity contribution in [1.29, 1.82) is 5.26 Å². The minimum atomic E-state index is -1.00. The molecule has 0 spiro atoms. The van der Waals surface area contributed by atoms with Crippen LogP contribution in [0.15, 0.2) is 23.4 Å². The van der Waals surface area contributed by atoms with Crippen LogP contribution in [0.1, 0.15) is 94.2 Å². The van der Waals surface area contributed by atoms with Crippen LogP contribution in [-0.4, -0.2) is 11.8 Å². The summed E-state index contributed by atoms with van der Waals surface area (Å²) in [5.41, 5.74) is 8.24. The van der Waals surface area contributed by atoms with Gasteiger partial charge in [0.15, 0.2) is 11.3 Å². The highest BCUT2D eigenvalue weighted by Crippen LogP contribution is 2.46. The summed E-state index contributed by atoms with van der Waals surface area (Å²) in [7, 11) is 0.